The molecule has 0 spiro atoms. The van der Waals surface area contributed by atoms with Crippen LogP contribution in [0.1, 0.15) is 10.4 Å². The van der Waals surface area contributed by atoms with Crippen LogP contribution < -0.4 is 5.32 Å². The van der Waals surface area contributed by atoms with Gasteiger partial charge in [0.25, 0.3) is 5.91 Å². The Bertz CT molecular complexity index is 652. The average Bonchev–Trinajstić information content (AvgIpc) is 2.37. The van der Waals surface area contributed by atoms with E-state index >= 15 is 0 Å². The number of aromatic nitrogens is 1. The Labute approximate surface area is 142 Å². The van der Waals surface area contributed by atoms with Crippen molar-refractivity contribution in [3.8, 4) is 0 Å². The number of carbonyl (C=O) groups is 1. The minimum Gasteiger partial charge on any atom is -0.319 e. The van der Waals surface area contributed by atoms with Crippen molar-refractivity contribution in [3.63, 3.8) is 0 Å². The van der Waals surface area contributed by atoms with Crippen molar-refractivity contribution in [2.45, 2.75) is 0 Å². The second kappa shape index (κ2) is 6.39. The highest BCUT2D eigenvalue weighted by Gasteiger charge is 2.11. The van der Waals surface area contributed by atoms with Gasteiger partial charge in [-0.05, 0) is 62.8 Å². The number of carbonyl (C=O) groups excluding carboxylic acids is 1. The number of amides is 1. The molecule has 0 unspecified atom stereocenters. The number of nitrogens with one attached hydrogen (secondary N) is 1. The number of hydrogen-bond donors (Lipinski definition) is 1. The van der Waals surface area contributed by atoms with Crippen LogP contribution in [0.4, 0.5) is 5.69 Å². The quantitative estimate of drug-likeness (QED) is 0.494. The summed E-state index contributed by atoms with van der Waals surface area (Å²) in [6.07, 6.45) is 1.56. The Morgan fingerprint density at radius 1 is 1.32 bits per heavy atom. The fraction of sp³-hybridized carbons (Fsp3) is 0. The van der Waals surface area contributed by atoms with Crippen LogP contribution in [0.15, 0.2) is 34.9 Å². The van der Waals surface area contributed by atoms with E-state index in [1.54, 1.807) is 30.5 Å². The largest absolute Gasteiger partial charge is 0.319 e. The third-order valence-corrected chi connectivity index (χ3v) is 4.54. The molecular weight excluding hydrogens is 466 g/mol. The molecule has 0 saturated carbocycles. The fourth-order valence-electron chi connectivity index (χ4n) is 1.34. The van der Waals surface area contributed by atoms with E-state index in [9.17, 15) is 4.79 Å². The summed E-state index contributed by atoms with van der Waals surface area (Å²) < 4.78 is 1.62. The highest BCUT2D eigenvalue weighted by atomic mass is 127. The molecule has 98 valence electrons. The second-order valence-corrected chi connectivity index (χ2v) is 6.42. The van der Waals surface area contributed by atoms with Gasteiger partial charge in [-0.15, -0.1) is 0 Å². The summed E-state index contributed by atoms with van der Waals surface area (Å²) in [7, 11) is 0. The first-order valence-corrected chi connectivity index (χ1v) is 7.67. The van der Waals surface area contributed by atoms with Gasteiger partial charge in [0.15, 0.2) is 5.15 Å². The molecule has 0 aliphatic heterocycles. The van der Waals surface area contributed by atoms with E-state index < -0.39 is 0 Å². The zero-order valence-corrected chi connectivity index (χ0v) is 14.5. The molecule has 2 aromatic rings. The first kappa shape index (κ1) is 15.0. The number of nitrogens with zero attached hydrogens (tertiary/aromatic N) is 1. The Balaban J connectivity index is 2.25. The molecule has 3 nitrogen and oxygen atoms in total. The second-order valence-electron chi connectivity index (χ2n) is 3.57. The summed E-state index contributed by atoms with van der Waals surface area (Å²) in [6.45, 7) is 0. The molecule has 0 aliphatic rings. The molecule has 1 amide bonds. The predicted molar refractivity (Wildman–Crippen MR) is 89.1 cm³/mol. The van der Waals surface area contributed by atoms with Crippen LogP contribution in [0.2, 0.25) is 10.2 Å². The molecule has 19 heavy (non-hydrogen) atoms. The zero-order chi connectivity index (χ0) is 14.0. The van der Waals surface area contributed by atoms with Crippen molar-refractivity contribution < 1.29 is 4.79 Å². The van der Waals surface area contributed by atoms with Crippen LogP contribution in [-0.4, -0.2) is 10.9 Å². The van der Waals surface area contributed by atoms with Crippen LogP contribution in [-0.2, 0) is 0 Å². The first-order valence-electron chi connectivity index (χ1n) is 5.05. The molecule has 1 heterocycles. The van der Waals surface area contributed by atoms with E-state index in [-0.39, 0.29) is 11.1 Å². The van der Waals surface area contributed by atoms with Crippen molar-refractivity contribution in [1.82, 2.24) is 4.98 Å². The van der Waals surface area contributed by atoms with Crippen molar-refractivity contribution in [2.75, 3.05) is 5.32 Å². The Kier molecular flexibility index (Phi) is 5.05. The van der Waals surface area contributed by atoms with Crippen molar-refractivity contribution in [2.24, 2.45) is 0 Å². The maximum absolute atomic E-state index is 12.1. The van der Waals surface area contributed by atoms with Crippen molar-refractivity contribution in [3.05, 3.63) is 54.2 Å². The minimum atomic E-state index is -0.292. The smallest absolute Gasteiger partial charge is 0.255 e. The number of pyridine rings is 1. The minimum absolute atomic E-state index is 0.230. The van der Waals surface area contributed by atoms with Crippen molar-refractivity contribution in [1.29, 1.82) is 0 Å². The molecule has 1 aromatic carbocycles. The standard InChI is InChI=1S/C12H6BrCl2IN2O/c13-7-4-10(11(15)17-5-7)18-12(19)6-1-2-9(16)8(14)3-6/h1-5H,(H,18,19). The number of anilines is 1. The van der Waals surface area contributed by atoms with Crippen LogP contribution in [0.3, 0.4) is 0 Å². The van der Waals surface area contributed by atoms with Crippen LogP contribution in [0.5, 0.6) is 0 Å². The maximum Gasteiger partial charge on any atom is 0.255 e. The van der Waals surface area contributed by atoms with E-state index in [2.05, 4.69) is 48.8 Å². The van der Waals surface area contributed by atoms with Crippen molar-refractivity contribution >= 4 is 73.3 Å². The molecule has 0 bridgehead atoms. The fourth-order valence-corrected chi connectivity index (χ4v) is 2.34. The Hall–Kier alpha value is -0.370. The van der Waals surface area contributed by atoms with Gasteiger partial charge in [-0.3, -0.25) is 4.79 Å². The molecule has 2 rings (SSSR count). The Morgan fingerprint density at radius 3 is 2.74 bits per heavy atom. The molecule has 7 heteroatoms. The lowest BCUT2D eigenvalue weighted by Gasteiger charge is -2.07. The molecule has 1 N–H and O–H groups in total. The van der Waals surface area contributed by atoms with E-state index in [1.807, 2.05) is 0 Å². The van der Waals surface area contributed by atoms with Crippen LogP contribution in [0.25, 0.3) is 0 Å². The summed E-state index contributed by atoms with van der Waals surface area (Å²) >= 11 is 17.3. The lowest BCUT2D eigenvalue weighted by molar-refractivity contribution is 0.102. The molecule has 0 saturated heterocycles. The monoisotopic (exact) mass is 470 g/mol. The molecular formula is C12H6BrCl2IN2O. The van der Waals surface area contributed by atoms with Gasteiger partial charge < -0.3 is 5.32 Å². The number of benzene rings is 1. The van der Waals surface area contributed by atoms with E-state index in [1.165, 1.54) is 0 Å². The Morgan fingerprint density at radius 2 is 2.05 bits per heavy atom. The zero-order valence-electron chi connectivity index (χ0n) is 9.25. The SMILES string of the molecule is O=C(Nc1cc(Br)cnc1Cl)c1ccc(I)c(Cl)c1. The van der Waals surface area contributed by atoms with E-state index in [0.29, 0.717) is 16.3 Å². The number of rotatable bonds is 2. The summed E-state index contributed by atoms with van der Waals surface area (Å²) in [6, 6.07) is 6.76. The third-order valence-electron chi connectivity index (χ3n) is 2.24. The first-order chi connectivity index (χ1) is 8.97. The molecule has 0 fully saturated rings. The highest BCUT2D eigenvalue weighted by Crippen LogP contribution is 2.24. The third kappa shape index (κ3) is 3.81. The summed E-state index contributed by atoms with van der Waals surface area (Å²) in [5, 5.41) is 3.45. The summed E-state index contributed by atoms with van der Waals surface area (Å²) in [5.41, 5.74) is 0.900. The van der Waals surface area contributed by atoms with Gasteiger partial charge >= 0.3 is 0 Å². The van der Waals surface area contributed by atoms with Crippen LogP contribution in [0, 0.1) is 3.57 Å². The van der Waals surface area contributed by atoms with E-state index in [0.717, 1.165) is 8.04 Å². The molecule has 0 atom stereocenters. The molecule has 0 aliphatic carbocycles. The lowest BCUT2D eigenvalue weighted by atomic mass is 10.2. The van der Waals surface area contributed by atoms with Gasteiger partial charge in [0, 0.05) is 19.8 Å². The van der Waals surface area contributed by atoms with Gasteiger partial charge in [0.2, 0.25) is 0 Å². The normalized spacial score (nSPS) is 10.3. The highest BCUT2D eigenvalue weighted by molar-refractivity contribution is 14.1. The molecule has 0 radical (unpaired) electrons. The van der Waals surface area contributed by atoms with Gasteiger partial charge in [0.1, 0.15) is 0 Å². The number of hydrogen-bond acceptors (Lipinski definition) is 2. The summed E-state index contributed by atoms with van der Waals surface area (Å²) in [4.78, 5) is 16.0. The number of halogens is 4. The predicted octanol–water partition coefficient (Wildman–Crippen LogP) is 5.01. The van der Waals surface area contributed by atoms with Gasteiger partial charge in [-0.1, -0.05) is 23.2 Å². The van der Waals surface area contributed by atoms with Gasteiger partial charge in [0.05, 0.1) is 10.7 Å². The lowest BCUT2D eigenvalue weighted by Crippen LogP contribution is -2.12. The van der Waals surface area contributed by atoms with Gasteiger partial charge in [-0.2, -0.15) is 0 Å². The topological polar surface area (TPSA) is 42.0 Å². The maximum atomic E-state index is 12.1. The average molecular weight is 472 g/mol. The van der Waals surface area contributed by atoms with E-state index in [4.69, 9.17) is 23.2 Å². The summed E-state index contributed by atoms with van der Waals surface area (Å²) in [5.74, 6) is -0.292. The van der Waals surface area contributed by atoms with Gasteiger partial charge in [-0.25, -0.2) is 4.98 Å². The molecule has 1 aromatic heterocycles. The van der Waals surface area contributed by atoms with Crippen LogP contribution >= 0.6 is 61.7 Å².